The van der Waals surface area contributed by atoms with Crippen LogP contribution in [-0.4, -0.2) is 48.1 Å². The summed E-state index contributed by atoms with van der Waals surface area (Å²) in [6.45, 7) is 5.72. The van der Waals surface area contributed by atoms with Crippen molar-refractivity contribution >= 4 is 22.8 Å². The van der Waals surface area contributed by atoms with Crippen LogP contribution in [0.15, 0.2) is 54.6 Å². The van der Waals surface area contributed by atoms with Crippen LogP contribution in [-0.2, 0) is 9.53 Å². The summed E-state index contributed by atoms with van der Waals surface area (Å²) in [5.74, 6) is 0.224. The molecule has 1 aromatic heterocycles. The van der Waals surface area contributed by atoms with Crippen LogP contribution in [0, 0.1) is 5.92 Å². The number of amides is 1. The number of hydrogen-bond acceptors (Lipinski definition) is 5. The molecule has 1 atom stereocenters. The Labute approximate surface area is 188 Å². The topological polar surface area (TPSA) is 68.7 Å². The molecule has 0 unspecified atom stereocenters. The highest BCUT2D eigenvalue weighted by Gasteiger charge is 2.30. The van der Waals surface area contributed by atoms with Crippen LogP contribution < -0.4 is 4.74 Å². The Morgan fingerprint density at radius 3 is 2.59 bits per heavy atom. The summed E-state index contributed by atoms with van der Waals surface area (Å²) in [6, 6.07) is 17.2. The number of pyridine rings is 1. The van der Waals surface area contributed by atoms with Crippen molar-refractivity contribution in [3.8, 4) is 17.0 Å². The number of aromatic nitrogens is 1. The van der Waals surface area contributed by atoms with Gasteiger partial charge in [0.2, 0.25) is 0 Å². The van der Waals surface area contributed by atoms with Crippen molar-refractivity contribution in [1.29, 1.82) is 0 Å². The molecule has 1 aliphatic rings. The van der Waals surface area contributed by atoms with Crippen LogP contribution >= 0.6 is 0 Å². The summed E-state index contributed by atoms with van der Waals surface area (Å²) in [4.78, 5) is 32.4. The summed E-state index contributed by atoms with van der Waals surface area (Å²) in [7, 11) is 0. The molecule has 0 spiro atoms. The van der Waals surface area contributed by atoms with Crippen molar-refractivity contribution in [2.45, 2.75) is 26.7 Å². The van der Waals surface area contributed by atoms with Gasteiger partial charge in [-0.25, -0.2) is 4.98 Å². The molecule has 1 saturated heterocycles. The molecule has 0 bridgehead atoms. The molecule has 1 fully saturated rings. The molecule has 0 radical (unpaired) electrons. The second kappa shape index (κ2) is 9.81. The van der Waals surface area contributed by atoms with E-state index in [1.807, 2.05) is 61.5 Å². The molecular weight excluding hydrogens is 404 g/mol. The molecule has 166 valence electrons. The predicted octanol–water partition coefficient (Wildman–Crippen LogP) is 4.72. The quantitative estimate of drug-likeness (QED) is 0.528. The summed E-state index contributed by atoms with van der Waals surface area (Å²) in [5, 5.41) is 0.811. The van der Waals surface area contributed by atoms with E-state index in [2.05, 4.69) is 0 Å². The number of carbonyl (C=O) groups is 2. The standard InChI is InChI=1S/C26H28N2O4/c1-3-31-20-13-11-18(12-14-20)24-16-22(21-9-5-6-10-23(21)27-24)25(29)28-15-7-8-19(17-28)26(30)32-4-2/h5-6,9-14,16,19H,3-4,7-8,15,17H2,1-2H3/t19-/m0/s1. The maximum atomic E-state index is 13.6. The Morgan fingerprint density at radius 2 is 1.84 bits per heavy atom. The third-order valence-corrected chi connectivity index (χ3v) is 5.74. The van der Waals surface area contributed by atoms with Crippen molar-refractivity contribution in [3.63, 3.8) is 0 Å². The van der Waals surface area contributed by atoms with Crippen LogP contribution in [0.5, 0.6) is 5.75 Å². The van der Waals surface area contributed by atoms with Gasteiger partial charge >= 0.3 is 5.97 Å². The Morgan fingerprint density at radius 1 is 1.06 bits per heavy atom. The van der Waals surface area contributed by atoms with E-state index in [9.17, 15) is 9.59 Å². The van der Waals surface area contributed by atoms with Crippen LogP contribution in [0.25, 0.3) is 22.2 Å². The second-order valence-electron chi connectivity index (χ2n) is 7.87. The molecule has 0 N–H and O–H groups in total. The fourth-order valence-corrected chi connectivity index (χ4v) is 4.17. The number of hydrogen-bond donors (Lipinski definition) is 0. The van der Waals surface area contributed by atoms with Crippen molar-refractivity contribution in [2.75, 3.05) is 26.3 Å². The first-order valence-electron chi connectivity index (χ1n) is 11.2. The molecule has 32 heavy (non-hydrogen) atoms. The smallest absolute Gasteiger partial charge is 0.310 e. The first-order valence-corrected chi connectivity index (χ1v) is 11.2. The third-order valence-electron chi connectivity index (χ3n) is 5.74. The van der Waals surface area contributed by atoms with Crippen molar-refractivity contribution < 1.29 is 19.1 Å². The first kappa shape index (κ1) is 21.8. The van der Waals surface area contributed by atoms with E-state index in [4.69, 9.17) is 14.5 Å². The summed E-state index contributed by atoms with van der Waals surface area (Å²) in [5.41, 5.74) is 3.01. The Balaban J connectivity index is 1.68. The summed E-state index contributed by atoms with van der Waals surface area (Å²) < 4.78 is 10.7. The monoisotopic (exact) mass is 432 g/mol. The zero-order valence-corrected chi connectivity index (χ0v) is 18.5. The highest BCUT2D eigenvalue weighted by atomic mass is 16.5. The van der Waals surface area contributed by atoms with Crippen molar-refractivity contribution in [1.82, 2.24) is 9.88 Å². The third kappa shape index (κ3) is 4.59. The lowest BCUT2D eigenvalue weighted by Crippen LogP contribution is -2.42. The number of piperidine rings is 1. The normalized spacial score (nSPS) is 16.1. The molecule has 4 rings (SSSR count). The molecular formula is C26H28N2O4. The van der Waals surface area contributed by atoms with Gasteiger partial charge in [0.15, 0.2) is 0 Å². The number of benzene rings is 2. The number of esters is 1. The largest absolute Gasteiger partial charge is 0.494 e. The number of nitrogens with zero attached hydrogens (tertiary/aromatic N) is 2. The number of likely N-dealkylation sites (tertiary alicyclic amines) is 1. The van der Waals surface area contributed by atoms with Crippen LogP contribution in [0.3, 0.4) is 0 Å². The van der Waals surface area contributed by atoms with E-state index in [1.54, 1.807) is 11.8 Å². The molecule has 2 heterocycles. The average Bonchev–Trinajstić information content (AvgIpc) is 2.84. The highest BCUT2D eigenvalue weighted by molar-refractivity contribution is 6.07. The molecule has 0 saturated carbocycles. The molecule has 3 aromatic rings. The lowest BCUT2D eigenvalue weighted by atomic mass is 9.96. The van der Waals surface area contributed by atoms with Crippen LogP contribution in [0.1, 0.15) is 37.0 Å². The van der Waals surface area contributed by atoms with Crippen LogP contribution in [0.2, 0.25) is 0 Å². The van der Waals surface area contributed by atoms with E-state index in [-0.39, 0.29) is 17.8 Å². The van der Waals surface area contributed by atoms with E-state index in [0.29, 0.717) is 31.9 Å². The SMILES string of the molecule is CCOC(=O)[C@H]1CCCN(C(=O)c2cc(-c3ccc(OCC)cc3)nc3ccccc23)C1. The Kier molecular flexibility index (Phi) is 6.69. The predicted molar refractivity (Wildman–Crippen MR) is 124 cm³/mol. The lowest BCUT2D eigenvalue weighted by Gasteiger charge is -2.32. The molecule has 1 amide bonds. The Hall–Kier alpha value is -3.41. The van der Waals surface area contributed by atoms with E-state index in [1.165, 1.54) is 0 Å². The summed E-state index contributed by atoms with van der Waals surface area (Å²) >= 11 is 0. The van der Waals surface area contributed by atoms with Gasteiger partial charge in [0.25, 0.3) is 5.91 Å². The second-order valence-corrected chi connectivity index (χ2v) is 7.87. The van der Waals surface area contributed by atoms with Gasteiger partial charge in [-0.05, 0) is 63.1 Å². The van der Waals surface area contributed by atoms with Gasteiger partial charge in [0, 0.05) is 24.0 Å². The van der Waals surface area contributed by atoms with Gasteiger partial charge in [0.1, 0.15) is 5.75 Å². The number of rotatable bonds is 6. The van der Waals surface area contributed by atoms with Gasteiger partial charge in [-0.3, -0.25) is 9.59 Å². The number of ether oxygens (including phenoxy) is 2. The van der Waals surface area contributed by atoms with Crippen LogP contribution in [0.4, 0.5) is 0 Å². The molecule has 1 aliphatic heterocycles. The lowest BCUT2D eigenvalue weighted by molar-refractivity contribution is -0.149. The zero-order chi connectivity index (χ0) is 22.5. The number of para-hydroxylation sites is 1. The molecule has 6 nitrogen and oxygen atoms in total. The maximum Gasteiger partial charge on any atom is 0.310 e. The molecule has 6 heteroatoms. The first-order chi connectivity index (χ1) is 15.6. The fraction of sp³-hybridized carbons (Fsp3) is 0.346. The average molecular weight is 433 g/mol. The number of fused-ring (bicyclic) bond motifs is 1. The van der Waals surface area contributed by atoms with E-state index < -0.39 is 0 Å². The molecule has 2 aromatic carbocycles. The highest BCUT2D eigenvalue weighted by Crippen LogP contribution is 2.28. The number of carbonyl (C=O) groups excluding carboxylic acids is 2. The van der Waals surface area contributed by atoms with Gasteiger partial charge < -0.3 is 14.4 Å². The van der Waals surface area contributed by atoms with Crippen molar-refractivity contribution in [2.24, 2.45) is 5.92 Å². The molecule has 0 aliphatic carbocycles. The minimum Gasteiger partial charge on any atom is -0.494 e. The van der Waals surface area contributed by atoms with Gasteiger partial charge in [-0.1, -0.05) is 18.2 Å². The van der Waals surface area contributed by atoms with Gasteiger partial charge in [-0.15, -0.1) is 0 Å². The van der Waals surface area contributed by atoms with Crippen molar-refractivity contribution in [3.05, 3.63) is 60.2 Å². The fourth-order valence-electron chi connectivity index (χ4n) is 4.17. The maximum absolute atomic E-state index is 13.6. The van der Waals surface area contributed by atoms with Gasteiger partial charge in [0.05, 0.1) is 35.9 Å². The van der Waals surface area contributed by atoms with E-state index in [0.717, 1.165) is 40.8 Å². The van der Waals surface area contributed by atoms with Gasteiger partial charge in [-0.2, -0.15) is 0 Å². The zero-order valence-electron chi connectivity index (χ0n) is 18.5. The minimum atomic E-state index is -0.272. The van der Waals surface area contributed by atoms with E-state index >= 15 is 0 Å². The Bertz CT molecular complexity index is 1110. The summed E-state index contributed by atoms with van der Waals surface area (Å²) in [6.07, 6.45) is 1.53. The minimum absolute atomic E-state index is 0.0789.